The largest absolute Gasteiger partial charge is 0.384 e. The second kappa shape index (κ2) is 5.40. The summed E-state index contributed by atoms with van der Waals surface area (Å²) in [5.41, 5.74) is 8.98. The predicted octanol–water partition coefficient (Wildman–Crippen LogP) is 1.47. The molecule has 0 aromatic carbocycles. The van der Waals surface area contributed by atoms with Crippen LogP contribution in [0.5, 0.6) is 0 Å². The Balaban J connectivity index is 2.00. The molecule has 0 bridgehead atoms. The second-order valence-corrected chi connectivity index (χ2v) is 5.71. The Bertz CT molecular complexity index is 523. The zero-order chi connectivity index (χ0) is 14.1. The molecule has 1 saturated heterocycles. The van der Waals surface area contributed by atoms with Crippen molar-refractivity contribution in [3.8, 4) is 0 Å². The van der Waals surface area contributed by atoms with Gasteiger partial charge < -0.3 is 15.4 Å². The number of likely N-dealkylation sites (N-methyl/N-ethyl adjacent to an activating group) is 1. The average Bonchev–Trinajstić information content (AvgIpc) is 2.99. The van der Waals surface area contributed by atoms with E-state index in [1.54, 1.807) is 0 Å². The van der Waals surface area contributed by atoms with Gasteiger partial charge in [0, 0.05) is 19.3 Å². The van der Waals surface area contributed by atoms with Crippen LogP contribution in [0.3, 0.4) is 0 Å². The number of nitrogen functional groups attached to an aromatic ring is 1. The summed E-state index contributed by atoms with van der Waals surface area (Å²) in [7, 11) is 2.03. The molecule has 2 aliphatic rings. The first-order valence-electron chi connectivity index (χ1n) is 7.34. The number of aromatic nitrogens is 1. The van der Waals surface area contributed by atoms with Gasteiger partial charge >= 0.3 is 0 Å². The molecule has 0 saturated carbocycles. The van der Waals surface area contributed by atoms with Crippen LogP contribution < -0.4 is 10.6 Å². The van der Waals surface area contributed by atoms with Crippen LogP contribution in [0.2, 0.25) is 0 Å². The third-order valence-electron chi connectivity index (χ3n) is 4.36. The molecule has 3 rings (SSSR count). The lowest BCUT2D eigenvalue weighted by Crippen LogP contribution is -2.35. The van der Waals surface area contributed by atoms with Gasteiger partial charge in [0.2, 0.25) is 0 Å². The fourth-order valence-electron chi connectivity index (χ4n) is 3.09. The third kappa shape index (κ3) is 2.38. The number of aryl methyl sites for hydroxylation is 2. The number of nitrogens with one attached hydrogen (secondary N) is 1. The van der Waals surface area contributed by atoms with Crippen LogP contribution in [0.4, 0.5) is 5.82 Å². The summed E-state index contributed by atoms with van der Waals surface area (Å²) in [5.74, 6) is 0.945. The maximum atomic E-state index is 7.84. The number of hydrogen-bond acceptors (Lipinski definition) is 4. The minimum Gasteiger partial charge on any atom is -0.384 e. The molecule has 108 valence electrons. The molecule has 1 unspecified atom stereocenters. The molecule has 5 heteroatoms. The third-order valence-corrected chi connectivity index (χ3v) is 4.36. The van der Waals surface area contributed by atoms with Crippen molar-refractivity contribution in [2.75, 3.05) is 25.2 Å². The maximum absolute atomic E-state index is 7.84. The molecule has 5 nitrogen and oxygen atoms in total. The number of nitrogens with two attached hydrogens (primary N) is 1. The number of ether oxygens (including phenoxy) is 1. The van der Waals surface area contributed by atoms with Crippen molar-refractivity contribution < 1.29 is 4.74 Å². The van der Waals surface area contributed by atoms with E-state index in [4.69, 9.17) is 20.9 Å². The molecule has 1 fully saturated rings. The SMILES string of the molecule is CN(c1nc2c(cc1C(=N)N)CCCC2)C1CCOC1. The molecule has 1 aliphatic heterocycles. The summed E-state index contributed by atoms with van der Waals surface area (Å²) in [6, 6.07) is 2.41. The summed E-state index contributed by atoms with van der Waals surface area (Å²) in [5, 5.41) is 7.84. The lowest BCUT2D eigenvalue weighted by Gasteiger charge is -2.28. The van der Waals surface area contributed by atoms with E-state index in [1.165, 1.54) is 24.1 Å². The van der Waals surface area contributed by atoms with Crippen molar-refractivity contribution >= 4 is 11.7 Å². The first kappa shape index (κ1) is 13.4. The quantitative estimate of drug-likeness (QED) is 0.646. The van der Waals surface area contributed by atoms with Gasteiger partial charge in [-0.1, -0.05) is 0 Å². The Morgan fingerprint density at radius 2 is 2.25 bits per heavy atom. The number of nitrogens with zero attached hydrogens (tertiary/aromatic N) is 2. The van der Waals surface area contributed by atoms with Crippen LogP contribution in [0.25, 0.3) is 0 Å². The van der Waals surface area contributed by atoms with E-state index in [0.29, 0.717) is 6.04 Å². The van der Waals surface area contributed by atoms with Gasteiger partial charge in [0.05, 0.1) is 18.2 Å². The highest BCUT2D eigenvalue weighted by molar-refractivity contribution is 5.99. The van der Waals surface area contributed by atoms with Gasteiger partial charge in [0.1, 0.15) is 11.7 Å². The first-order valence-corrected chi connectivity index (χ1v) is 7.34. The summed E-state index contributed by atoms with van der Waals surface area (Å²) < 4.78 is 5.46. The smallest absolute Gasteiger partial charge is 0.139 e. The molecular weight excluding hydrogens is 252 g/mol. The van der Waals surface area contributed by atoms with Gasteiger partial charge in [0.15, 0.2) is 0 Å². The number of hydrogen-bond donors (Lipinski definition) is 2. The van der Waals surface area contributed by atoms with Crippen LogP contribution >= 0.6 is 0 Å². The first-order chi connectivity index (χ1) is 9.66. The monoisotopic (exact) mass is 274 g/mol. The Labute approximate surface area is 119 Å². The van der Waals surface area contributed by atoms with Crippen molar-refractivity contribution in [3.05, 3.63) is 22.9 Å². The highest BCUT2D eigenvalue weighted by atomic mass is 16.5. The highest BCUT2D eigenvalue weighted by Crippen LogP contribution is 2.28. The predicted molar refractivity (Wildman–Crippen MR) is 79.5 cm³/mol. The van der Waals surface area contributed by atoms with Gasteiger partial charge in [0.25, 0.3) is 0 Å². The molecule has 3 N–H and O–H groups in total. The number of anilines is 1. The van der Waals surface area contributed by atoms with E-state index in [2.05, 4.69) is 11.0 Å². The number of fused-ring (bicyclic) bond motifs is 1. The van der Waals surface area contributed by atoms with E-state index >= 15 is 0 Å². The summed E-state index contributed by atoms with van der Waals surface area (Å²) in [6.45, 7) is 1.53. The van der Waals surface area contributed by atoms with Crippen molar-refractivity contribution in [1.82, 2.24) is 4.98 Å². The van der Waals surface area contributed by atoms with E-state index in [9.17, 15) is 0 Å². The van der Waals surface area contributed by atoms with E-state index in [0.717, 1.165) is 43.9 Å². The molecule has 1 aromatic rings. The normalized spacial score (nSPS) is 21.6. The van der Waals surface area contributed by atoms with Gasteiger partial charge in [-0.25, -0.2) is 4.98 Å². The summed E-state index contributed by atoms with van der Waals surface area (Å²) in [4.78, 5) is 6.97. The van der Waals surface area contributed by atoms with Crippen LogP contribution in [0, 0.1) is 5.41 Å². The number of rotatable bonds is 3. The van der Waals surface area contributed by atoms with Crippen LogP contribution in [-0.2, 0) is 17.6 Å². The lowest BCUT2D eigenvalue weighted by atomic mass is 9.94. The highest BCUT2D eigenvalue weighted by Gasteiger charge is 2.25. The lowest BCUT2D eigenvalue weighted by molar-refractivity contribution is 0.193. The maximum Gasteiger partial charge on any atom is 0.139 e. The topological polar surface area (TPSA) is 75.2 Å². The van der Waals surface area contributed by atoms with Crippen LogP contribution in [-0.4, -0.2) is 37.1 Å². The Morgan fingerprint density at radius 3 is 2.95 bits per heavy atom. The number of amidine groups is 1. The molecule has 0 radical (unpaired) electrons. The fourth-order valence-corrected chi connectivity index (χ4v) is 3.09. The summed E-state index contributed by atoms with van der Waals surface area (Å²) in [6.07, 6.45) is 5.51. The fraction of sp³-hybridized carbons (Fsp3) is 0.600. The summed E-state index contributed by atoms with van der Waals surface area (Å²) >= 11 is 0. The standard InChI is InChI=1S/C15H22N4O/c1-19(11-6-7-20-9-11)15-12(14(16)17)8-10-4-2-3-5-13(10)18-15/h8,11H,2-7,9H2,1H3,(H3,16,17). The van der Waals surface area contributed by atoms with E-state index in [-0.39, 0.29) is 5.84 Å². The molecule has 2 heterocycles. The molecular formula is C15H22N4O. The van der Waals surface area contributed by atoms with E-state index < -0.39 is 0 Å². The molecule has 0 amide bonds. The Kier molecular flexibility index (Phi) is 3.61. The van der Waals surface area contributed by atoms with Crippen molar-refractivity contribution in [2.24, 2.45) is 5.73 Å². The zero-order valence-corrected chi connectivity index (χ0v) is 12.0. The second-order valence-electron chi connectivity index (χ2n) is 5.71. The Hall–Kier alpha value is -1.62. The van der Waals surface area contributed by atoms with Gasteiger partial charge in [-0.15, -0.1) is 0 Å². The molecule has 1 aromatic heterocycles. The Morgan fingerprint density at radius 1 is 1.45 bits per heavy atom. The molecule has 1 atom stereocenters. The molecule has 1 aliphatic carbocycles. The number of pyridine rings is 1. The minimum absolute atomic E-state index is 0.103. The molecule has 20 heavy (non-hydrogen) atoms. The van der Waals surface area contributed by atoms with Crippen LogP contribution in [0.15, 0.2) is 6.07 Å². The van der Waals surface area contributed by atoms with Gasteiger partial charge in [-0.2, -0.15) is 0 Å². The van der Waals surface area contributed by atoms with Crippen LogP contribution in [0.1, 0.15) is 36.1 Å². The average molecular weight is 274 g/mol. The van der Waals surface area contributed by atoms with Gasteiger partial charge in [-0.3, -0.25) is 5.41 Å². The van der Waals surface area contributed by atoms with Crippen molar-refractivity contribution in [1.29, 1.82) is 5.41 Å². The zero-order valence-electron chi connectivity index (χ0n) is 12.0. The van der Waals surface area contributed by atoms with Gasteiger partial charge in [-0.05, 0) is 43.7 Å². The molecule has 0 spiro atoms. The van der Waals surface area contributed by atoms with Crippen molar-refractivity contribution in [2.45, 2.75) is 38.1 Å². The minimum atomic E-state index is 0.103. The van der Waals surface area contributed by atoms with Crippen molar-refractivity contribution in [3.63, 3.8) is 0 Å². The van der Waals surface area contributed by atoms with E-state index in [1.807, 2.05) is 7.05 Å².